The van der Waals surface area contributed by atoms with Gasteiger partial charge in [-0.05, 0) is 24.1 Å². The second-order valence-electron chi connectivity index (χ2n) is 4.60. The van der Waals surface area contributed by atoms with Crippen molar-refractivity contribution in [3.63, 3.8) is 0 Å². The highest BCUT2D eigenvalue weighted by Crippen LogP contribution is 2.09. The third-order valence-electron chi connectivity index (χ3n) is 2.86. The number of nitrogens with two attached hydrogens (primary N) is 1. The molecular formula is C15H24N2O3. The molecule has 0 saturated heterocycles. The third-order valence-corrected chi connectivity index (χ3v) is 2.86. The predicted molar refractivity (Wildman–Crippen MR) is 79.3 cm³/mol. The monoisotopic (exact) mass is 280 g/mol. The predicted octanol–water partition coefficient (Wildman–Crippen LogP) is 1.67. The van der Waals surface area contributed by atoms with Crippen molar-refractivity contribution in [1.29, 1.82) is 0 Å². The van der Waals surface area contributed by atoms with E-state index in [-0.39, 0.29) is 12.5 Å². The summed E-state index contributed by atoms with van der Waals surface area (Å²) in [6, 6.07) is 7.58. The lowest BCUT2D eigenvalue weighted by Crippen LogP contribution is -2.34. The Balaban J connectivity index is 2.50. The lowest BCUT2D eigenvalue weighted by atomic mass is 10.2. The standard InChI is InChI=1S/C15H24N2O3/c1-3-8-17(15(18)12-20-10-9-19-2)11-13-4-6-14(16)7-5-13/h4-7H,3,8-12,16H2,1-2H3. The van der Waals surface area contributed by atoms with Crippen LogP contribution in [0.2, 0.25) is 0 Å². The largest absolute Gasteiger partial charge is 0.399 e. The van der Waals surface area contributed by atoms with Crippen LogP contribution in [0.25, 0.3) is 0 Å². The van der Waals surface area contributed by atoms with Crippen LogP contribution in [0.15, 0.2) is 24.3 Å². The van der Waals surface area contributed by atoms with Crippen molar-refractivity contribution in [2.75, 3.05) is 39.2 Å². The first-order valence-electron chi connectivity index (χ1n) is 6.86. The molecule has 5 heteroatoms. The molecule has 0 aliphatic rings. The van der Waals surface area contributed by atoms with E-state index in [2.05, 4.69) is 6.92 Å². The number of carbonyl (C=O) groups is 1. The normalized spacial score (nSPS) is 10.5. The maximum absolute atomic E-state index is 12.1. The Morgan fingerprint density at radius 2 is 1.95 bits per heavy atom. The van der Waals surface area contributed by atoms with Gasteiger partial charge in [-0.15, -0.1) is 0 Å². The molecule has 0 atom stereocenters. The minimum absolute atomic E-state index is 0.000205. The molecule has 2 N–H and O–H groups in total. The fraction of sp³-hybridized carbons (Fsp3) is 0.533. The molecule has 0 spiro atoms. The van der Waals surface area contributed by atoms with Crippen molar-refractivity contribution >= 4 is 11.6 Å². The number of benzene rings is 1. The molecule has 1 aromatic carbocycles. The number of nitrogens with zero attached hydrogens (tertiary/aromatic N) is 1. The van der Waals surface area contributed by atoms with Crippen molar-refractivity contribution in [1.82, 2.24) is 4.90 Å². The minimum atomic E-state index is -0.000205. The molecule has 1 aromatic rings. The summed E-state index contributed by atoms with van der Waals surface area (Å²) in [5, 5.41) is 0. The summed E-state index contributed by atoms with van der Waals surface area (Å²) in [7, 11) is 1.61. The molecule has 5 nitrogen and oxygen atoms in total. The van der Waals surface area contributed by atoms with E-state index in [0.29, 0.717) is 19.8 Å². The Hall–Kier alpha value is -1.59. The van der Waals surface area contributed by atoms with E-state index in [1.54, 1.807) is 12.0 Å². The molecule has 0 radical (unpaired) electrons. The van der Waals surface area contributed by atoms with E-state index in [9.17, 15) is 4.79 Å². The summed E-state index contributed by atoms with van der Waals surface area (Å²) < 4.78 is 10.2. The fourth-order valence-electron chi connectivity index (χ4n) is 1.80. The lowest BCUT2D eigenvalue weighted by Gasteiger charge is -2.22. The third kappa shape index (κ3) is 6.04. The molecule has 112 valence electrons. The van der Waals surface area contributed by atoms with Gasteiger partial charge in [0.05, 0.1) is 13.2 Å². The highest BCUT2D eigenvalue weighted by atomic mass is 16.5. The van der Waals surface area contributed by atoms with Crippen molar-refractivity contribution in [2.45, 2.75) is 19.9 Å². The van der Waals surface area contributed by atoms with Gasteiger partial charge in [0.15, 0.2) is 0 Å². The van der Waals surface area contributed by atoms with Gasteiger partial charge < -0.3 is 20.1 Å². The van der Waals surface area contributed by atoms with Crippen LogP contribution in [0.5, 0.6) is 0 Å². The van der Waals surface area contributed by atoms with E-state index in [1.807, 2.05) is 24.3 Å². The minimum Gasteiger partial charge on any atom is -0.399 e. The van der Waals surface area contributed by atoms with Gasteiger partial charge in [0.25, 0.3) is 0 Å². The van der Waals surface area contributed by atoms with E-state index >= 15 is 0 Å². The maximum Gasteiger partial charge on any atom is 0.248 e. The Morgan fingerprint density at radius 3 is 2.55 bits per heavy atom. The molecule has 0 bridgehead atoms. The molecule has 0 saturated carbocycles. The molecule has 0 heterocycles. The Morgan fingerprint density at radius 1 is 1.25 bits per heavy atom. The first-order valence-corrected chi connectivity index (χ1v) is 6.86. The van der Waals surface area contributed by atoms with Gasteiger partial charge in [0.1, 0.15) is 6.61 Å². The fourth-order valence-corrected chi connectivity index (χ4v) is 1.80. The molecule has 0 aromatic heterocycles. The van der Waals surface area contributed by atoms with Gasteiger partial charge in [0.2, 0.25) is 5.91 Å². The van der Waals surface area contributed by atoms with Crippen LogP contribution in [0, 0.1) is 0 Å². The van der Waals surface area contributed by atoms with Crippen molar-refractivity contribution < 1.29 is 14.3 Å². The Bertz CT molecular complexity index is 393. The topological polar surface area (TPSA) is 64.8 Å². The number of rotatable bonds is 9. The zero-order valence-corrected chi connectivity index (χ0v) is 12.3. The Kier molecular flexibility index (Phi) is 7.69. The van der Waals surface area contributed by atoms with Crippen LogP contribution < -0.4 is 5.73 Å². The molecular weight excluding hydrogens is 256 g/mol. The van der Waals surface area contributed by atoms with Crippen LogP contribution in [-0.4, -0.2) is 44.3 Å². The summed E-state index contributed by atoms with van der Waals surface area (Å²) >= 11 is 0. The molecule has 1 amide bonds. The summed E-state index contributed by atoms with van der Waals surface area (Å²) in [5.41, 5.74) is 7.45. The highest BCUT2D eigenvalue weighted by molar-refractivity contribution is 5.77. The van der Waals surface area contributed by atoms with Gasteiger partial charge in [-0.3, -0.25) is 4.79 Å². The Labute approximate surface area is 120 Å². The summed E-state index contributed by atoms with van der Waals surface area (Å²) in [6.45, 7) is 4.38. The zero-order valence-electron chi connectivity index (χ0n) is 12.3. The van der Waals surface area contributed by atoms with Crippen molar-refractivity contribution in [3.05, 3.63) is 29.8 Å². The second-order valence-corrected chi connectivity index (χ2v) is 4.60. The van der Waals surface area contributed by atoms with Crippen molar-refractivity contribution in [3.8, 4) is 0 Å². The first kappa shape index (κ1) is 16.5. The number of hydrogen-bond donors (Lipinski definition) is 1. The van der Waals surface area contributed by atoms with Gasteiger partial charge in [0, 0.05) is 25.9 Å². The number of hydrogen-bond acceptors (Lipinski definition) is 4. The number of carbonyl (C=O) groups excluding carboxylic acids is 1. The van der Waals surface area contributed by atoms with Gasteiger partial charge in [-0.25, -0.2) is 0 Å². The van der Waals surface area contributed by atoms with Crippen molar-refractivity contribution in [2.24, 2.45) is 0 Å². The average molecular weight is 280 g/mol. The molecule has 1 rings (SSSR count). The highest BCUT2D eigenvalue weighted by Gasteiger charge is 2.13. The molecule has 20 heavy (non-hydrogen) atoms. The summed E-state index contributed by atoms with van der Waals surface area (Å²) in [6.07, 6.45) is 0.915. The average Bonchev–Trinajstić information content (AvgIpc) is 2.45. The molecule has 0 aliphatic carbocycles. The number of methoxy groups -OCH3 is 1. The number of nitrogen functional groups attached to an aromatic ring is 1. The summed E-state index contributed by atoms with van der Waals surface area (Å²) in [4.78, 5) is 13.9. The molecule has 0 aliphatic heterocycles. The van der Waals surface area contributed by atoms with Crippen LogP contribution in [0.4, 0.5) is 5.69 Å². The number of ether oxygens (including phenoxy) is 2. The number of amides is 1. The van der Waals surface area contributed by atoms with Gasteiger partial charge in [-0.2, -0.15) is 0 Å². The summed E-state index contributed by atoms with van der Waals surface area (Å²) in [5.74, 6) is -0.000205. The number of anilines is 1. The SMILES string of the molecule is CCCN(Cc1ccc(N)cc1)C(=O)COCCOC. The van der Waals surface area contributed by atoms with Crippen LogP contribution in [0.1, 0.15) is 18.9 Å². The first-order chi connectivity index (χ1) is 9.67. The molecule has 0 unspecified atom stereocenters. The quantitative estimate of drug-likeness (QED) is 0.552. The van der Waals surface area contributed by atoms with Gasteiger partial charge in [-0.1, -0.05) is 19.1 Å². The van der Waals surface area contributed by atoms with Crippen LogP contribution >= 0.6 is 0 Å². The van der Waals surface area contributed by atoms with Gasteiger partial charge >= 0.3 is 0 Å². The second kappa shape index (κ2) is 9.34. The maximum atomic E-state index is 12.1. The van der Waals surface area contributed by atoms with E-state index in [4.69, 9.17) is 15.2 Å². The zero-order chi connectivity index (χ0) is 14.8. The molecule has 0 fully saturated rings. The van der Waals surface area contributed by atoms with E-state index < -0.39 is 0 Å². The lowest BCUT2D eigenvalue weighted by molar-refractivity contribution is -0.137. The van der Waals surface area contributed by atoms with Crippen LogP contribution in [0.3, 0.4) is 0 Å². The van der Waals surface area contributed by atoms with E-state index in [0.717, 1.165) is 24.2 Å². The van der Waals surface area contributed by atoms with E-state index in [1.165, 1.54) is 0 Å². The smallest absolute Gasteiger partial charge is 0.248 e. The van der Waals surface area contributed by atoms with Crippen LogP contribution in [-0.2, 0) is 20.8 Å².